The largest absolute Gasteiger partial charge is 0.496 e. The van der Waals surface area contributed by atoms with Crippen molar-refractivity contribution in [3.05, 3.63) is 53.5 Å². The molecule has 4 unspecified atom stereocenters. The van der Waals surface area contributed by atoms with Crippen molar-refractivity contribution in [2.24, 2.45) is 10.8 Å². The minimum atomic E-state index is -2.11. The summed E-state index contributed by atoms with van der Waals surface area (Å²) in [5.41, 5.74) is -3.55. The summed E-state index contributed by atoms with van der Waals surface area (Å²) in [5.74, 6) is -1.75. The number of nitrogens with one attached hydrogen (secondary N) is 1. The molecular formula is C22H18N4O4. The molecule has 4 rings (SSSR count). The van der Waals surface area contributed by atoms with Crippen LogP contribution in [0.4, 0.5) is 0 Å². The van der Waals surface area contributed by atoms with Crippen LogP contribution in [-0.4, -0.2) is 18.8 Å². The highest BCUT2D eigenvalue weighted by Gasteiger charge is 2.80. The topological polar surface area (TPSA) is 136 Å². The van der Waals surface area contributed by atoms with Crippen LogP contribution in [-0.2, 0) is 9.47 Å². The number of aryl methyl sites for hydroxylation is 1. The summed E-state index contributed by atoms with van der Waals surface area (Å²) in [4.78, 5) is 0. The van der Waals surface area contributed by atoms with Crippen LogP contribution >= 0.6 is 0 Å². The Kier molecular flexibility index (Phi) is 4.13. The number of ether oxygens (including phenoxy) is 3. The molecule has 30 heavy (non-hydrogen) atoms. The Morgan fingerprint density at radius 3 is 2.33 bits per heavy atom. The zero-order valence-electron chi connectivity index (χ0n) is 16.6. The molecule has 2 saturated heterocycles. The van der Waals surface area contributed by atoms with Crippen molar-refractivity contribution in [1.82, 2.24) is 0 Å². The number of hydrogen-bond donors (Lipinski definition) is 1. The van der Waals surface area contributed by atoms with Crippen molar-refractivity contribution >= 4 is 5.90 Å². The van der Waals surface area contributed by atoms with Gasteiger partial charge >= 0.3 is 0 Å². The van der Waals surface area contributed by atoms with Gasteiger partial charge in [0.2, 0.25) is 17.1 Å². The molecule has 8 nitrogen and oxygen atoms in total. The van der Waals surface area contributed by atoms with E-state index in [-0.39, 0.29) is 5.76 Å². The molecule has 1 aromatic heterocycles. The molecule has 2 aromatic rings. The third-order valence-corrected chi connectivity index (χ3v) is 5.99. The summed E-state index contributed by atoms with van der Waals surface area (Å²) in [5, 5.41) is 39.5. The van der Waals surface area contributed by atoms with E-state index in [1.54, 1.807) is 50.2 Å². The molecule has 2 fully saturated rings. The first-order chi connectivity index (χ1) is 14.3. The van der Waals surface area contributed by atoms with E-state index in [1.165, 1.54) is 7.11 Å². The van der Waals surface area contributed by atoms with Crippen molar-refractivity contribution in [3.63, 3.8) is 0 Å². The molecule has 4 atom stereocenters. The van der Waals surface area contributed by atoms with E-state index in [4.69, 9.17) is 24.0 Å². The van der Waals surface area contributed by atoms with Gasteiger partial charge in [-0.2, -0.15) is 15.8 Å². The fourth-order valence-electron chi connectivity index (χ4n) is 4.70. The minimum absolute atomic E-state index is 0.221. The fraction of sp³-hybridized carbons (Fsp3) is 0.364. The average Bonchev–Trinajstić information content (AvgIpc) is 3.25. The Morgan fingerprint density at radius 1 is 1.07 bits per heavy atom. The predicted octanol–water partition coefficient (Wildman–Crippen LogP) is 3.72. The molecule has 2 aliphatic rings. The molecule has 8 heteroatoms. The minimum Gasteiger partial charge on any atom is -0.496 e. The SMILES string of the molecule is COc1ccccc1C1C2(C)OC(=N)C1(C#N)C(C#N)(C#N)C(c1ccc(C)o1)O2. The lowest BCUT2D eigenvalue weighted by molar-refractivity contribution is -0.257. The second kappa shape index (κ2) is 6.35. The summed E-state index contributed by atoms with van der Waals surface area (Å²) in [6.45, 7) is 3.32. The number of nitriles is 3. The normalized spacial score (nSPS) is 31.1. The molecule has 0 radical (unpaired) electrons. The standard InChI is InChI=1S/C22H18N4O4/c1-13-8-9-16(28-13)18-21(10-23,11-24)22(12-25)17(20(2,29-18)30-19(22)26)14-6-4-5-7-15(14)27-3/h4-9,17-18,26H,1-3H3. The van der Waals surface area contributed by atoms with Crippen LogP contribution in [0.1, 0.15) is 36.0 Å². The molecule has 0 saturated carbocycles. The highest BCUT2D eigenvalue weighted by Crippen LogP contribution is 2.70. The molecule has 0 aliphatic carbocycles. The second-order valence-corrected chi connectivity index (χ2v) is 7.52. The van der Waals surface area contributed by atoms with E-state index < -0.39 is 34.5 Å². The smallest absolute Gasteiger partial charge is 0.219 e. The maximum atomic E-state index is 10.4. The first kappa shape index (κ1) is 19.5. The number of nitrogens with zero attached hydrogens (tertiary/aromatic N) is 3. The van der Waals surface area contributed by atoms with Gasteiger partial charge in [0.25, 0.3) is 0 Å². The molecule has 2 aliphatic heterocycles. The zero-order valence-corrected chi connectivity index (χ0v) is 16.6. The van der Waals surface area contributed by atoms with Gasteiger partial charge in [-0.25, -0.2) is 0 Å². The van der Waals surface area contributed by atoms with Gasteiger partial charge in [0.05, 0.1) is 31.2 Å². The first-order valence-corrected chi connectivity index (χ1v) is 9.22. The summed E-state index contributed by atoms with van der Waals surface area (Å²) >= 11 is 0. The summed E-state index contributed by atoms with van der Waals surface area (Å²) in [6, 6.07) is 16.3. The Labute approximate surface area is 173 Å². The van der Waals surface area contributed by atoms with Gasteiger partial charge in [0.1, 0.15) is 17.3 Å². The highest BCUT2D eigenvalue weighted by molar-refractivity contribution is 5.90. The van der Waals surface area contributed by atoms with E-state index in [0.29, 0.717) is 17.1 Å². The maximum absolute atomic E-state index is 10.4. The Balaban J connectivity index is 2.06. The van der Waals surface area contributed by atoms with Crippen LogP contribution in [0.2, 0.25) is 0 Å². The van der Waals surface area contributed by atoms with E-state index >= 15 is 0 Å². The van der Waals surface area contributed by atoms with Crippen molar-refractivity contribution in [3.8, 4) is 24.0 Å². The van der Waals surface area contributed by atoms with Crippen LogP contribution < -0.4 is 4.74 Å². The second-order valence-electron chi connectivity index (χ2n) is 7.52. The predicted molar refractivity (Wildman–Crippen MR) is 102 cm³/mol. The van der Waals surface area contributed by atoms with Crippen molar-refractivity contribution < 1.29 is 18.6 Å². The highest BCUT2D eigenvalue weighted by atomic mass is 16.7. The lowest BCUT2D eigenvalue weighted by atomic mass is 9.52. The van der Waals surface area contributed by atoms with Gasteiger partial charge in [-0.1, -0.05) is 18.2 Å². The maximum Gasteiger partial charge on any atom is 0.219 e. The van der Waals surface area contributed by atoms with Gasteiger partial charge in [-0.3, -0.25) is 5.41 Å². The van der Waals surface area contributed by atoms with Crippen molar-refractivity contribution in [1.29, 1.82) is 21.2 Å². The number of methoxy groups -OCH3 is 1. The number of rotatable bonds is 3. The monoisotopic (exact) mass is 402 g/mol. The number of fused-ring (bicyclic) bond motifs is 2. The van der Waals surface area contributed by atoms with Crippen LogP contribution in [0.3, 0.4) is 0 Å². The van der Waals surface area contributed by atoms with Crippen molar-refractivity contribution in [2.45, 2.75) is 31.7 Å². The number of para-hydroxylation sites is 1. The Morgan fingerprint density at radius 2 is 1.77 bits per heavy atom. The molecular weight excluding hydrogens is 384 g/mol. The lowest BCUT2D eigenvalue weighted by Crippen LogP contribution is -2.57. The molecule has 1 N–H and O–H groups in total. The van der Waals surface area contributed by atoms with E-state index in [1.807, 2.05) is 12.1 Å². The number of hydrogen-bond acceptors (Lipinski definition) is 8. The van der Waals surface area contributed by atoms with Gasteiger partial charge < -0.3 is 18.6 Å². The average molecular weight is 402 g/mol. The van der Waals surface area contributed by atoms with Gasteiger partial charge in [-0.15, -0.1) is 0 Å². The fourth-order valence-corrected chi connectivity index (χ4v) is 4.70. The van der Waals surface area contributed by atoms with Gasteiger partial charge in [0.15, 0.2) is 11.5 Å². The molecule has 150 valence electrons. The first-order valence-electron chi connectivity index (χ1n) is 9.22. The zero-order chi connectivity index (χ0) is 21.7. The number of furan rings is 1. The lowest BCUT2D eigenvalue weighted by Gasteiger charge is -2.48. The summed E-state index contributed by atoms with van der Waals surface area (Å²) < 4.78 is 23.1. The van der Waals surface area contributed by atoms with Crippen LogP contribution in [0.5, 0.6) is 5.75 Å². The van der Waals surface area contributed by atoms with Gasteiger partial charge in [-0.05, 0) is 25.1 Å². The Hall–Kier alpha value is -3.80. The van der Waals surface area contributed by atoms with Crippen molar-refractivity contribution in [2.75, 3.05) is 7.11 Å². The van der Waals surface area contributed by atoms with Crippen LogP contribution in [0.25, 0.3) is 0 Å². The number of benzene rings is 1. The molecule has 0 amide bonds. The summed E-state index contributed by atoms with van der Waals surface area (Å²) in [7, 11) is 1.48. The third kappa shape index (κ3) is 2.13. The molecule has 1 aromatic carbocycles. The van der Waals surface area contributed by atoms with E-state index in [0.717, 1.165) is 0 Å². The van der Waals surface area contributed by atoms with Gasteiger partial charge in [0, 0.05) is 12.5 Å². The molecule has 3 heterocycles. The van der Waals surface area contributed by atoms with E-state index in [2.05, 4.69) is 6.07 Å². The molecule has 0 spiro atoms. The van der Waals surface area contributed by atoms with Crippen LogP contribution in [0.15, 0.2) is 40.8 Å². The Bertz CT molecular complexity index is 1150. The summed E-state index contributed by atoms with van der Waals surface area (Å²) in [6.07, 6.45) is -1.24. The van der Waals surface area contributed by atoms with E-state index in [9.17, 15) is 15.8 Å². The third-order valence-electron chi connectivity index (χ3n) is 5.99. The van der Waals surface area contributed by atoms with Crippen LogP contribution in [0, 0.1) is 57.2 Å². The quantitative estimate of drug-likeness (QED) is 0.826. The molecule has 2 bridgehead atoms.